The van der Waals surface area contributed by atoms with Crippen molar-refractivity contribution in [2.24, 2.45) is 5.73 Å². The van der Waals surface area contributed by atoms with E-state index >= 15 is 0 Å². The molecule has 0 saturated carbocycles. The molecule has 0 radical (unpaired) electrons. The molecule has 2 aromatic carbocycles. The largest absolute Gasteiger partial charge is 0.323 e. The van der Waals surface area contributed by atoms with E-state index in [0.717, 1.165) is 11.4 Å². The van der Waals surface area contributed by atoms with E-state index in [-0.39, 0.29) is 6.04 Å². The second kappa shape index (κ2) is 4.27. The van der Waals surface area contributed by atoms with Crippen molar-refractivity contribution in [1.29, 1.82) is 0 Å². The van der Waals surface area contributed by atoms with Gasteiger partial charge in [0.2, 0.25) is 0 Å². The molecule has 90 valence electrons. The molecule has 0 aliphatic rings. The Morgan fingerprint density at radius 3 is 2.72 bits per heavy atom. The molecule has 1 atom stereocenters. The summed E-state index contributed by atoms with van der Waals surface area (Å²) in [6.07, 6.45) is 3.65. The third kappa shape index (κ3) is 1.69. The number of hydrogen-bond donors (Lipinski definition) is 1. The van der Waals surface area contributed by atoms with E-state index in [9.17, 15) is 0 Å². The zero-order valence-electron chi connectivity index (χ0n) is 10.2. The van der Waals surface area contributed by atoms with Gasteiger partial charge >= 0.3 is 0 Å². The predicted molar refractivity (Wildman–Crippen MR) is 73.7 cm³/mol. The van der Waals surface area contributed by atoms with Gasteiger partial charge in [-0.2, -0.15) is 0 Å². The van der Waals surface area contributed by atoms with Crippen LogP contribution in [0, 0.1) is 0 Å². The summed E-state index contributed by atoms with van der Waals surface area (Å²) in [5, 5.41) is 2.43. The fraction of sp³-hybridized carbons (Fsp3) is 0.133. The van der Waals surface area contributed by atoms with Crippen LogP contribution in [0.4, 0.5) is 0 Å². The lowest BCUT2D eigenvalue weighted by Gasteiger charge is -2.13. The standard InChI is InChI=1S/C15H15N3/c1-11(16)15-9-17-10-18(15)14-8-4-6-12-5-2-3-7-13(12)14/h2-11H,16H2,1H3/t11-/m0/s1. The van der Waals surface area contributed by atoms with Gasteiger partial charge in [0.1, 0.15) is 0 Å². The summed E-state index contributed by atoms with van der Waals surface area (Å²) < 4.78 is 2.06. The van der Waals surface area contributed by atoms with Gasteiger partial charge in [-0.15, -0.1) is 0 Å². The summed E-state index contributed by atoms with van der Waals surface area (Å²) in [4.78, 5) is 4.21. The number of nitrogens with zero attached hydrogens (tertiary/aromatic N) is 2. The fourth-order valence-electron chi connectivity index (χ4n) is 2.26. The molecule has 0 aliphatic carbocycles. The van der Waals surface area contributed by atoms with Crippen molar-refractivity contribution in [1.82, 2.24) is 9.55 Å². The number of nitrogens with two attached hydrogens (primary N) is 1. The van der Waals surface area contributed by atoms with E-state index in [2.05, 4.69) is 39.9 Å². The Bertz CT molecular complexity index is 678. The first-order chi connectivity index (χ1) is 8.77. The lowest BCUT2D eigenvalue weighted by molar-refractivity contribution is 0.754. The smallest absolute Gasteiger partial charge is 0.0994 e. The molecular formula is C15H15N3. The molecule has 1 aromatic heterocycles. The van der Waals surface area contributed by atoms with Crippen molar-refractivity contribution in [2.45, 2.75) is 13.0 Å². The zero-order chi connectivity index (χ0) is 12.5. The third-order valence-electron chi connectivity index (χ3n) is 3.16. The van der Waals surface area contributed by atoms with E-state index in [1.807, 2.05) is 31.6 Å². The van der Waals surface area contributed by atoms with Crippen LogP contribution in [0.3, 0.4) is 0 Å². The van der Waals surface area contributed by atoms with Gasteiger partial charge in [-0.25, -0.2) is 4.98 Å². The monoisotopic (exact) mass is 237 g/mol. The van der Waals surface area contributed by atoms with E-state index < -0.39 is 0 Å². The SMILES string of the molecule is C[C@H](N)c1cncn1-c1cccc2ccccc12. The van der Waals surface area contributed by atoms with E-state index in [4.69, 9.17) is 5.73 Å². The minimum atomic E-state index is -0.0357. The molecule has 0 saturated heterocycles. The Morgan fingerprint density at radius 2 is 1.89 bits per heavy atom. The van der Waals surface area contributed by atoms with Crippen LogP contribution in [0.15, 0.2) is 55.0 Å². The molecule has 18 heavy (non-hydrogen) atoms. The molecule has 3 heteroatoms. The Kier molecular flexibility index (Phi) is 2.61. The Morgan fingerprint density at radius 1 is 1.11 bits per heavy atom. The van der Waals surface area contributed by atoms with Crippen molar-refractivity contribution in [3.8, 4) is 5.69 Å². The number of imidazole rings is 1. The molecule has 0 fully saturated rings. The van der Waals surface area contributed by atoms with Crippen molar-refractivity contribution in [3.63, 3.8) is 0 Å². The number of fused-ring (bicyclic) bond motifs is 1. The average Bonchev–Trinajstić information content (AvgIpc) is 2.87. The quantitative estimate of drug-likeness (QED) is 0.744. The Balaban J connectivity index is 2.28. The van der Waals surface area contributed by atoms with Gasteiger partial charge in [0.25, 0.3) is 0 Å². The predicted octanol–water partition coefficient (Wildman–Crippen LogP) is 3.05. The van der Waals surface area contributed by atoms with Crippen LogP contribution in [-0.4, -0.2) is 9.55 Å². The van der Waals surface area contributed by atoms with Crippen molar-refractivity contribution >= 4 is 10.8 Å². The molecule has 0 aliphatic heterocycles. The second-order valence-electron chi connectivity index (χ2n) is 4.48. The Hall–Kier alpha value is -2.13. The summed E-state index contributed by atoms with van der Waals surface area (Å²) in [7, 11) is 0. The van der Waals surface area contributed by atoms with Crippen LogP contribution in [0.2, 0.25) is 0 Å². The van der Waals surface area contributed by atoms with Gasteiger partial charge in [-0.1, -0.05) is 36.4 Å². The van der Waals surface area contributed by atoms with Gasteiger partial charge in [-0.3, -0.25) is 0 Å². The first kappa shape index (κ1) is 11.0. The molecule has 0 spiro atoms. The van der Waals surface area contributed by atoms with Crippen molar-refractivity contribution in [2.75, 3.05) is 0 Å². The highest BCUT2D eigenvalue weighted by molar-refractivity contribution is 5.90. The highest BCUT2D eigenvalue weighted by atomic mass is 15.1. The molecule has 0 bridgehead atoms. The highest BCUT2D eigenvalue weighted by Gasteiger charge is 2.10. The molecular weight excluding hydrogens is 222 g/mol. The number of benzene rings is 2. The summed E-state index contributed by atoms with van der Waals surface area (Å²) in [6.45, 7) is 1.97. The van der Waals surface area contributed by atoms with Crippen LogP contribution in [0.25, 0.3) is 16.5 Å². The van der Waals surface area contributed by atoms with Crippen LogP contribution < -0.4 is 5.73 Å². The van der Waals surface area contributed by atoms with Crippen LogP contribution in [0.1, 0.15) is 18.7 Å². The highest BCUT2D eigenvalue weighted by Crippen LogP contribution is 2.24. The minimum Gasteiger partial charge on any atom is -0.323 e. The van der Waals surface area contributed by atoms with Crippen LogP contribution in [-0.2, 0) is 0 Å². The first-order valence-corrected chi connectivity index (χ1v) is 6.03. The normalized spacial score (nSPS) is 12.8. The maximum Gasteiger partial charge on any atom is 0.0994 e. The molecule has 3 aromatic rings. The molecule has 3 rings (SSSR count). The van der Waals surface area contributed by atoms with Crippen LogP contribution in [0.5, 0.6) is 0 Å². The zero-order valence-corrected chi connectivity index (χ0v) is 10.2. The molecule has 1 heterocycles. The first-order valence-electron chi connectivity index (χ1n) is 6.03. The minimum absolute atomic E-state index is 0.0357. The summed E-state index contributed by atoms with van der Waals surface area (Å²) in [6, 6.07) is 14.6. The third-order valence-corrected chi connectivity index (χ3v) is 3.16. The fourth-order valence-corrected chi connectivity index (χ4v) is 2.26. The van der Waals surface area contributed by atoms with Crippen molar-refractivity contribution < 1.29 is 0 Å². The maximum absolute atomic E-state index is 5.98. The summed E-state index contributed by atoms with van der Waals surface area (Å²) >= 11 is 0. The lowest BCUT2D eigenvalue weighted by Crippen LogP contribution is -2.10. The topological polar surface area (TPSA) is 43.8 Å². The average molecular weight is 237 g/mol. The number of aromatic nitrogens is 2. The van der Waals surface area contributed by atoms with Gasteiger partial charge < -0.3 is 10.3 Å². The lowest BCUT2D eigenvalue weighted by atomic mass is 10.1. The van der Waals surface area contributed by atoms with Gasteiger partial charge in [-0.05, 0) is 18.4 Å². The van der Waals surface area contributed by atoms with Gasteiger partial charge in [0.15, 0.2) is 0 Å². The van der Waals surface area contributed by atoms with E-state index in [1.54, 1.807) is 0 Å². The molecule has 3 nitrogen and oxygen atoms in total. The Labute approximate surface area is 106 Å². The van der Waals surface area contributed by atoms with Gasteiger partial charge in [0, 0.05) is 11.4 Å². The summed E-state index contributed by atoms with van der Waals surface area (Å²) in [5.41, 5.74) is 8.12. The van der Waals surface area contributed by atoms with Crippen molar-refractivity contribution in [3.05, 3.63) is 60.7 Å². The van der Waals surface area contributed by atoms with Crippen LogP contribution >= 0.6 is 0 Å². The number of rotatable bonds is 2. The van der Waals surface area contributed by atoms with Gasteiger partial charge in [0.05, 0.1) is 23.9 Å². The molecule has 0 amide bonds. The molecule has 2 N–H and O–H groups in total. The number of hydrogen-bond acceptors (Lipinski definition) is 2. The molecule has 0 unspecified atom stereocenters. The van der Waals surface area contributed by atoms with E-state index in [0.29, 0.717) is 0 Å². The van der Waals surface area contributed by atoms with E-state index in [1.165, 1.54) is 10.8 Å². The maximum atomic E-state index is 5.98. The second-order valence-corrected chi connectivity index (χ2v) is 4.48. The summed E-state index contributed by atoms with van der Waals surface area (Å²) in [5.74, 6) is 0.